The van der Waals surface area contributed by atoms with Gasteiger partial charge >= 0.3 is 0 Å². The predicted molar refractivity (Wildman–Crippen MR) is 432 cm³/mol. The summed E-state index contributed by atoms with van der Waals surface area (Å²) < 4.78 is 49.7. The predicted octanol–water partition coefficient (Wildman–Crippen LogP) is 16.0. The van der Waals surface area contributed by atoms with Gasteiger partial charge in [0.05, 0.1) is 110 Å². The highest BCUT2D eigenvalue weighted by Gasteiger charge is 2.40. The van der Waals surface area contributed by atoms with Crippen molar-refractivity contribution in [1.29, 1.82) is 0 Å². The number of aliphatic imine (C=N–C) groups is 1. The third-order valence-corrected chi connectivity index (χ3v) is 21.0. The smallest absolute Gasteiger partial charge is 0.274 e. The molecule has 0 saturated heterocycles. The molecule has 0 fully saturated rings. The van der Waals surface area contributed by atoms with E-state index in [1.54, 1.807) is 84.0 Å². The van der Waals surface area contributed by atoms with Gasteiger partial charge in [0.25, 0.3) is 17.7 Å². The number of H-pyrrole nitrogens is 3. The molecule has 0 aliphatic carbocycles. The number of halogens is 3. The van der Waals surface area contributed by atoms with Gasteiger partial charge in [-0.2, -0.15) is 0 Å². The lowest BCUT2D eigenvalue weighted by molar-refractivity contribution is 0.0977. The summed E-state index contributed by atoms with van der Waals surface area (Å²) in [6.07, 6.45) is 2.58. The van der Waals surface area contributed by atoms with E-state index in [0.29, 0.717) is 134 Å². The number of methoxy groups -OCH3 is 9. The van der Waals surface area contributed by atoms with E-state index in [0.717, 1.165) is 101 Å². The highest BCUT2D eigenvalue weighted by Crippen LogP contribution is 2.52. The van der Waals surface area contributed by atoms with Crippen LogP contribution >= 0.6 is 34.8 Å². The van der Waals surface area contributed by atoms with Crippen LogP contribution in [0, 0.1) is 0 Å². The van der Waals surface area contributed by atoms with Crippen LogP contribution in [0.2, 0.25) is 0 Å². The van der Waals surface area contributed by atoms with Gasteiger partial charge in [0.2, 0.25) is 25.1 Å². The number of carbonyl (C=O) groups is 4. The lowest BCUT2D eigenvalue weighted by atomic mass is 9.95. The largest absolute Gasteiger partial charge is 0.493 e. The Labute approximate surface area is 639 Å². The van der Waals surface area contributed by atoms with Crippen LogP contribution in [-0.4, -0.2) is 167 Å². The van der Waals surface area contributed by atoms with E-state index in [-0.39, 0.29) is 42.0 Å². The third-order valence-electron chi connectivity index (χ3n) is 19.9. The molecule has 12 aromatic rings. The summed E-state index contributed by atoms with van der Waals surface area (Å²) in [6, 6.07) is 40.8. The van der Waals surface area contributed by atoms with E-state index < -0.39 is 5.81 Å². The van der Waals surface area contributed by atoms with E-state index in [4.69, 9.17) is 91.0 Å². The number of rotatable bonds is 21. The van der Waals surface area contributed by atoms with Crippen LogP contribution < -0.4 is 73.7 Å². The Morgan fingerprint density at radius 3 is 1.20 bits per heavy atom. The molecule has 0 saturated carbocycles. The molecule has 9 aromatic carbocycles. The summed E-state index contributed by atoms with van der Waals surface area (Å²) >= 11 is 19.2. The first kappa shape index (κ1) is 74.9. The number of anilines is 5. The molecule has 3 unspecified atom stereocenters. The maximum Gasteiger partial charge on any atom is 0.274 e. The Morgan fingerprint density at radius 1 is 0.481 bits per heavy atom. The van der Waals surface area contributed by atoms with E-state index in [9.17, 15) is 19.2 Å². The molecule has 3 aromatic heterocycles. The topological polar surface area (TPSA) is 271 Å². The van der Waals surface area contributed by atoms with Crippen LogP contribution in [-0.2, 0) is 0 Å². The Kier molecular flexibility index (Phi) is 22.2. The van der Waals surface area contributed by atoms with Crippen molar-refractivity contribution in [1.82, 2.24) is 20.3 Å². The number of hydrogen-bond donors (Lipinski definition) is 6. The van der Waals surface area contributed by atoms with Gasteiger partial charge in [0.1, 0.15) is 17.1 Å². The van der Waals surface area contributed by atoms with Gasteiger partial charge in [0.15, 0.2) is 40.3 Å². The Morgan fingerprint density at radius 2 is 0.833 bits per heavy atom. The number of alkyl halides is 3. The molecule has 3 atom stereocenters. The van der Waals surface area contributed by atoms with Gasteiger partial charge in [-0.1, -0.05) is 79.7 Å². The van der Waals surface area contributed by atoms with Gasteiger partial charge in [-0.05, 0) is 93.9 Å². The molecule has 2 radical (unpaired) electrons. The number of nitrogens with zero attached hydrogens (tertiary/aromatic N) is 4. The van der Waals surface area contributed by atoms with Gasteiger partial charge in [-0.3, -0.25) is 24.2 Å². The molecule has 3 aliphatic rings. The quantitative estimate of drug-likeness (QED) is 0.0169. The number of hydrogen-bond acceptors (Lipinski definition) is 16. The Balaban J connectivity index is 0.000000143. The highest BCUT2D eigenvalue weighted by atomic mass is 35.5. The Bertz CT molecular complexity index is 5530. The van der Waals surface area contributed by atoms with E-state index in [1.165, 1.54) is 14.2 Å². The fourth-order valence-electron chi connectivity index (χ4n) is 15.1. The number of ether oxygens (including phenoxy) is 9. The standard InChI is InChI=1S/C28H26BClN4O5.C28H30ClN3O4.C25H24ClN3O4/c1-37-22-11-15-10-20(33-24(15)26(39-3)25(22)38-2)27(35)34-14-16(13-30)23-18-7-5-4-6-17(18)19(12-21(23)34)31-8-9-32-28(29)36;1-5-10-30-20-13-22-24(19-9-7-6-8-18(19)20)17(14-29)15-32(22)28(33)21-11-16-12-23(34-2)26(35-3)27(36-4)25(16)31-21;1-31-20-9-13-8-18(28-22(13)24(33-3)23(20)32-2)25(30)29-12-14(11-26)21-16-7-5-4-6-15(16)17(27)10-19(21)29/h4-8,10-12,16,33H,9,13-14H2,1-3H3,(H,32,36);6-9,11-13,17,30-31H,5,10,14-15H2,1-4H3;4-10,14,28H,11-12,27H2,1-3H3. The van der Waals surface area contributed by atoms with E-state index in [1.807, 2.05) is 95.9 Å². The SMILES string of the molecule is CCCNc1cc2c(c3ccccc13)C(CCl)CN2C(=O)c1cc2cc(OC)c(OC)c(OC)c2[nH]1.COc1cc2cc(C(=O)N3CC(CCl)c4c3cc(N)c3ccccc43)[nH]c2c(OC)c1OC.[B]C(=O)NCC=Nc1cc2c(c3ccccc13)C(CCl)CN2C(=O)c1cc2cc(OC)c(OC)c(OC)c2[nH]1. The monoisotopic (exact) mass is 1520 g/mol. The van der Waals surface area contributed by atoms with Gasteiger partial charge in [-0.25, -0.2) is 0 Å². The van der Waals surface area contributed by atoms with Crippen molar-refractivity contribution in [2.45, 2.75) is 31.1 Å². The molecule has 15 rings (SSSR count). The summed E-state index contributed by atoms with van der Waals surface area (Å²) in [5.41, 5.74) is 17.5. The highest BCUT2D eigenvalue weighted by molar-refractivity contribution is 6.57. The number of aromatic nitrogens is 3. The molecule has 0 bridgehead atoms. The van der Waals surface area contributed by atoms with Crippen molar-refractivity contribution in [3.05, 3.63) is 161 Å². The zero-order valence-electron chi connectivity index (χ0n) is 61.2. The van der Waals surface area contributed by atoms with Crippen molar-refractivity contribution in [3.8, 4) is 51.7 Å². The second kappa shape index (κ2) is 32.0. The van der Waals surface area contributed by atoms with Crippen molar-refractivity contribution in [2.75, 3.05) is 140 Å². The van der Waals surface area contributed by atoms with Crippen molar-refractivity contribution < 1.29 is 61.8 Å². The Hall–Kier alpha value is -11.3. The average molecular weight is 1520 g/mol. The van der Waals surface area contributed by atoms with Crippen molar-refractivity contribution >= 4 is 172 Å². The van der Waals surface area contributed by atoms with Crippen LogP contribution in [0.4, 0.5) is 38.9 Å². The number of benzene rings is 9. The minimum Gasteiger partial charge on any atom is -0.493 e. The zero-order chi connectivity index (χ0) is 76.4. The summed E-state index contributed by atoms with van der Waals surface area (Å²) in [6.45, 7) is 4.56. The second-order valence-electron chi connectivity index (χ2n) is 25.9. The zero-order valence-corrected chi connectivity index (χ0v) is 63.5. The number of aromatic amines is 3. The summed E-state index contributed by atoms with van der Waals surface area (Å²) in [7, 11) is 19.1. The van der Waals surface area contributed by atoms with Gasteiger partial charge in [0, 0.05) is 111 Å². The molecule has 27 heteroatoms. The fourth-order valence-corrected chi connectivity index (χ4v) is 15.9. The second-order valence-corrected chi connectivity index (χ2v) is 26.8. The average Bonchev–Trinajstić information content (AvgIpc) is 1.58. The number of nitrogens with one attached hydrogen (secondary N) is 5. The van der Waals surface area contributed by atoms with E-state index in [2.05, 4.69) is 55.7 Å². The van der Waals surface area contributed by atoms with Crippen LogP contribution in [0.3, 0.4) is 0 Å². The first-order valence-corrected chi connectivity index (χ1v) is 36.4. The molecule has 6 heterocycles. The number of carbonyl (C=O) groups excluding carboxylic acids is 4. The molecule has 4 amide bonds. The van der Waals surface area contributed by atoms with Crippen LogP contribution in [0.25, 0.3) is 65.0 Å². The molecule has 556 valence electrons. The van der Waals surface area contributed by atoms with Crippen molar-refractivity contribution in [2.24, 2.45) is 4.99 Å². The summed E-state index contributed by atoms with van der Waals surface area (Å²) in [5.74, 6) is 4.33. The van der Waals surface area contributed by atoms with E-state index >= 15 is 0 Å². The van der Waals surface area contributed by atoms with Crippen molar-refractivity contribution in [3.63, 3.8) is 0 Å². The normalized spacial score (nSPS) is 14.9. The number of nitrogens with two attached hydrogens (primary N) is 1. The first-order valence-electron chi connectivity index (χ1n) is 34.8. The minimum atomic E-state index is -0.632. The molecule has 23 nitrogen and oxygen atoms in total. The third kappa shape index (κ3) is 13.4. The van der Waals surface area contributed by atoms with Crippen LogP contribution in [0.15, 0.2) is 132 Å². The molecule has 108 heavy (non-hydrogen) atoms. The summed E-state index contributed by atoms with van der Waals surface area (Å²) in [5, 5.41) is 14.5. The molecule has 7 N–H and O–H groups in total. The van der Waals surface area contributed by atoms with Crippen LogP contribution in [0.5, 0.6) is 51.7 Å². The minimum absolute atomic E-state index is 0.00946. The number of amides is 4. The fraction of sp³-hybridized carbons (Fsp3) is 0.272. The lowest BCUT2D eigenvalue weighted by Crippen LogP contribution is -2.30. The number of fused-ring (bicyclic) bond motifs is 12. The number of nitrogen functional groups attached to an aromatic ring is 1. The van der Waals surface area contributed by atoms with Gasteiger partial charge in [-0.15, -0.1) is 34.8 Å². The first-order chi connectivity index (χ1) is 52.5. The maximum atomic E-state index is 14.0. The lowest BCUT2D eigenvalue weighted by Gasteiger charge is -2.19. The van der Waals surface area contributed by atoms with Gasteiger partial charge < -0.3 is 88.7 Å². The summed E-state index contributed by atoms with van der Waals surface area (Å²) in [4.78, 5) is 72.2. The molecular formula is C81H80BCl3N10O13. The van der Waals surface area contributed by atoms with Crippen LogP contribution in [0.1, 0.15) is 79.3 Å². The maximum absolute atomic E-state index is 14.0. The molecule has 3 aliphatic heterocycles. The molecular weight excluding hydrogens is 1440 g/mol. The molecule has 0 spiro atoms.